The summed E-state index contributed by atoms with van der Waals surface area (Å²) in [7, 11) is 0. The van der Waals surface area contributed by atoms with E-state index in [1.54, 1.807) is 11.3 Å². The number of hydrogen-bond donors (Lipinski definition) is 0. The number of benzene rings is 1. The average Bonchev–Trinajstić information content (AvgIpc) is 2.76. The summed E-state index contributed by atoms with van der Waals surface area (Å²) in [6.07, 6.45) is 0. The van der Waals surface area contributed by atoms with Crippen LogP contribution < -0.4 is 0 Å². The van der Waals surface area contributed by atoms with Gasteiger partial charge in [0, 0.05) is 5.56 Å². The van der Waals surface area contributed by atoms with Gasteiger partial charge in [-0.25, -0.2) is 4.98 Å². The zero-order chi connectivity index (χ0) is 14.6. The lowest BCUT2D eigenvalue weighted by Gasteiger charge is -2.08. The van der Waals surface area contributed by atoms with Crippen LogP contribution in [0.5, 0.6) is 0 Å². The molecule has 0 amide bonds. The van der Waals surface area contributed by atoms with Crippen LogP contribution in [0.3, 0.4) is 0 Å². The largest absolute Gasteiger partial charge is 0.281 e. The van der Waals surface area contributed by atoms with Crippen molar-refractivity contribution in [1.29, 1.82) is 5.26 Å². The zero-order valence-corrected chi connectivity index (χ0v) is 12.8. The van der Waals surface area contributed by atoms with Crippen LogP contribution in [-0.4, -0.2) is 9.38 Å². The first kappa shape index (κ1) is 13.2. The van der Waals surface area contributed by atoms with E-state index in [2.05, 4.69) is 11.1 Å². The molecule has 0 N–H and O–H groups in total. The number of rotatable bonds is 0. The summed E-state index contributed by atoms with van der Waals surface area (Å²) >= 11 is 12.6. The third kappa shape index (κ3) is 1.62. The molecule has 2 aromatic heterocycles. The molecule has 0 spiro atoms. The fourth-order valence-corrected chi connectivity index (χ4v) is 2.87. The monoisotopic (exact) mass is 303 g/mol. The van der Waals surface area contributed by atoms with E-state index in [0.29, 0.717) is 26.9 Å². The van der Waals surface area contributed by atoms with Gasteiger partial charge in [-0.1, -0.05) is 23.2 Å². The normalized spacial score (nSPS) is 11.2. The number of pyridine rings is 1. The first-order valence-corrected chi connectivity index (χ1v) is 6.88. The molecule has 0 fully saturated rings. The molecule has 20 heavy (non-hydrogen) atoms. The molecule has 0 unspecified atom stereocenters. The molecule has 0 aliphatic rings. The van der Waals surface area contributed by atoms with Gasteiger partial charge in [-0.2, -0.15) is 5.26 Å². The van der Waals surface area contributed by atoms with Gasteiger partial charge in [-0.05, 0) is 44.0 Å². The number of hydrogen-bond acceptors (Lipinski definition) is 2. The van der Waals surface area contributed by atoms with Crippen LogP contribution in [-0.2, 0) is 0 Å². The Morgan fingerprint density at radius 1 is 1.15 bits per heavy atom. The van der Waals surface area contributed by atoms with Crippen LogP contribution in [0.25, 0.3) is 16.7 Å². The maximum atomic E-state index is 9.34. The number of aryl methyl sites for hydroxylation is 2. The molecule has 0 aliphatic heterocycles. The van der Waals surface area contributed by atoms with Gasteiger partial charge in [-0.15, -0.1) is 0 Å². The van der Waals surface area contributed by atoms with Gasteiger partial charge in [-0.3, -0.25) is 4.40 Å². The lowest BCUT2D eigenvalue weighted by atomic mass is 10.1. The summed E-state index contributed by atoms with van der Waals surface area (Å²) in [6, 6.07) is 6.15. The summed E-state index contributed by atoms with van der Waals surface area (Å²) in [6.45, 7) is 5.87. The van der Waals surface area contributed by atoms with Crippen LogP contribution in [0.1, 0.15) is 22.3 Å². The predicted octanol–water partition coefficient (Wildman–Crippen LogP) is 4.59. The summed E-state index contributed by atoms with van der Waals surface area (Å²) in [5.74, 6) is 0. The Balaban J connectivity index is 2.65. The van der Waals surface area contributed by atoms with E-state index < -0.39 is 0 Å². The molecular weight excluding hydrogens is 293 g/mol. The minimum absolute atomic E-state index is 0.361. The molecule has 0 bridgehead atoms. The lowest BCUT2D eigenvalue weighted by Crippen LogP contribution is -1.96. The Labute approximate surface area is 126 Å². The number of nitriles is 1. The van der Waals surface area contributed by atoms with Crippen LogP contribution >= 0.6 is 23.2 Å². The highest BCUT2D eigenvalue weighted by Crippen LogP contribution is 2.33. The van der Waals surface area contributed by atoms with Crippen molar-refractivity contribution in [1.82, 2.24) is 9.38 Å². The highest BCUT2D eigenvalue weighted by Gasteiger charge is 2.18. The predicted molar refractivity (Wildman–Crippen MR) is 81.6 cm³/mol. The third-order valence-electron chi connectivity index (χ3n) is 3.66. The molecule has 3 nitrogen and oxygen atoms in total. The maximum absolute atomic E-state index is 9.34. The number of nitrogens with zero attached hydrogens (tertiary/aromatic N) is 3. The van der Waals surface area contributed by atoms with Crippen LogP contribution in [0, 0.1) is 32.1 Å². The fourth-order valence-electron chi connectivity index (χ4n) is 2.34. The third-order valence-corrected chi connectivity index (χ3v) is 4.58. The molecule has 0 saturated heterocycles. The fraction of sp³-hybridized carbons (Fsp3) is 0.200. The molecular formula is C15H11Cl2N3. The van der Waals surface area contributed by atoms with Crippen molar-refractivity contribution >= 4 is 39.9 Å². The smallest absolute Gasteiger partial charge is 0.158 e. The number of halogens is 2. The molecule has 100 valence electrons. The molecule has 2 heterocycles. The Bertz CT molecular complexity index is 917. The van der Waals surface area contributed by atoms with Gasteiger partial charge >= 0.3 is 0 Å². The van der Waals surface area contributed by atoms with E-state index in [9.17, 15) is 5.26 Å². The molecule has 0 saturated carbocycles. The second kappa shape index (κ2) is 4.37. The van der Waals surface area contributed by atoms with Crippen molar-refractivity contribution in [3.05, 3.63) is 44.6 Å². The van der Waals surface area contributed by atoms with E-state index in [4.69, 9.17) is 23.2 Å². The Morgan fingerprint density at radius 2 is 1.80 bits per heavy atom. The SMILES string of the molecule is Cc1cc2nc3c(C#N)c(Cl)c(C)c(Cl)n3c2cc1C. The number of imidazole rings is 1. The van der Waals surface area contributed by atoms with Crippen molar-refractivity contribution in [2.45, 2.75) is 20.8 Å². The lowest BCUT2D eigenvalue weighted by molar-refractivity contribution is 1.18. The molecule has 1 aromatic carbocycles. The summed E-state index contributed by atoms with van der Waals surface area (Å²) in [5, 5.41) is 10.2. The van der Waals surface area contributed by atoms with Gasteiger partial charge in [0.1, 0.15) is 16.8 Å². The average molecular weight is 304 g/mol. The van der Waals surface area contributed by atoms with E-state index >= 15 is 0 Å². The van der Waals surface area contributed by atoms with Gasteiger partial charge < -0.3 is 0 Å². The van der Waals surface area contributed by atoms with Gasteiger partial charge in [0.25, 0.3) is 0 Å². The van der Waals surface area contributed by atoms with Crippen molar-refractivity contribution in [2.24, 2.45) is 0 Å². The quantitative estimate of drug-likeness (QED) is 0.570. The molecule has 5 heteroatoms. The Hall–Kier alpha value is -1.76. The van der Waals surface area contributed by atoms with E-state index in [-0.39, 0.29) is 0 Å². The standard InChI is InChI=1S/C15H11Cl2N3/c1-7-4-11-12(5-8(7)2)20-14(17)9(3)13(16)10(6-18)15(20)19-11/h4-5H,1-3H3. The Morgan fingerprint density at radius 3 is 2.45 bits per heavy atom. The molecule has 0 radical (unpaired) electrons. The van der Waals surface area contributed by atoms with Crippen LogP contribution in [0.4, 0.5) is 0 Å². The molecule has 3 aromatic rings. The first-order chi connectivity index (χ1) is 9.45. The van der Waals surface area contributed by atoms with Crippen LogP contribution in [0.2, 0.25) is 10.2 Å². The van der Waals surface area contributed by atoms with Gasteiger partial charge in [0.2, 0.25) is 0 Å². The minimum Gasteiger partial charge on any atom is -0.281 e. The highest BCUT2D eigenvalue weighted by atomic mass is 35.5. The van der Waals surface area contributed by atoms with Crippen molar-refractivity contribution in [3.8, 4) is 6.07 Å². The van der Waals surface area contributed by atoms with Crippen molar-refractivity contribution in [2.75, 3.05) is 0 Å². The zero-order valence-electron chi connectivity index (χ0n) is 11.3. The van der Waals surface area contributed by atoms with Gasteiger partial charge in [0.05, 0.1) is 16.1 Å². The first-order valence-electron chi connectivity index (χ1n) is 6.12. The summed E-state index contributed by atoms with van der Waals surface area (Å²) < 4.78 is 1.79. The second-order valence-corrected chi connectivity index (χ2v) is 5.65. The van der Waals surface area contributed by atoms with Crippen molar-refractivity contribution in [3.63, 3.8) is 0 Å². The minimum atomic E-state index is 0.361. The summed E-state index contributed by atoms with van der Waals surface area (Å²) in [5.41, 5.74) is 5.57. The summed E-state index contributed by atoms with van der Waals surface area (Å²) in [4.78, 5) is 4.52. The van der Waals surface area contributed by atoms with E-state index in [1.807, 2.05) is 26.0 Å². The molecule has 3 rings (SSSR count). The maximum Gasteiger partial charge on any atom is 0.158 e. The van der Waals surface area contributed by atoms with E-state index in [0.717, 1.165) is 22.2 Å². The number of fused-ring (bicyclic) bond motifs is 3. The van der Waals surface area contributed by atoms with Gasteiger partial charge in [0.15, 0.2) is 5.65 Å². The number of aromatic nitrogens is 2. The molecule has 0 atom stereocenters. The van der Waals surface area contributed by atoms with E-state index in [1.165, 1.54) is 0 Å². The highest BCUT2D eigenvalue weighted by molar-refractivity contribution is 6.37. The topological polar surface area (TPSA) is 41.1 Å². The Kier molecular flexibility index (Phi) is 2.89. The second-order valence-electron chi connectivity index (χ2n) is 4.91. The van der Waals surface area contributed by atoms with Crippen LogP contribution in [0.15, 0.2) is 12.1 Å². The van der Waals surface area contributed by atoms with Crippen molar-refractivity contribution < 1.29 is 0 Å². The molecule has 0 aliphatic carbocycles.